The standard InChI is InChI=1S/C25H28N4O4S/c1-6-17-10-12-18(13-11-17)26-22(20-23(31)28(4)25(33)29(5)24(20)32)34-14-19(30)27-21-15(2)8-7-9-16(21)3/h7-13,31H,6,14H2,1-5H3,(H,27,30). The smallest absolute Gasteiger partial charge is 0.333 e. The van der Waals surface area contributed by atoms with Gasteiger partial charge in [-0.1, -0.05) is 49.0 Å². The Kier molecular flexibility index (Phi) is 7.78. The van der Waals surface area contributed by atoms with Crippen LogP contribution in [-0.2, 0) is 25.3 Å². The number of carbonyl (C=O) groups is 1. The van der Waals surface area contributed by atoms with Crippen molar-refractivity contribution in [1.82, 2.24) is 9.13 Å². The van der Waals surface area contributed by atoms with E-state index in [2.05, 4.69) is 10.3 Å². The molecular weight excluding hydrogens is 452 g/mol. The van der Waals surface area contributed by atoms with Gasteiger partial charge in [0, 0.05) is 19.8 Å². The summed E-state index contributed by atoms with van der Waals surface area (Å²) in [6, 6.07) is 13.2. The van der Waals surface area contributed by atoms with Crippen molar-refractivity contribution in [3.63, 3.8) is 0 Å². The number of nitrogens with zero attached hydrogens (tertiary/aromatic N) is 3. The molecule has 1 amide bonds. The van der Waals surface area contributed by atoms with Crippen LogP contribution in [0.15, 0.2) is 57.0 Å². The lowest BCUT2D eigenvalue weighted by Gasteiger charge is -2.14. The quantitative estimate of drug-likeness (QED) is 0.415. The number of aromatic nitrogens is 2. The maximum atomic E-state index is 12.9. The Bertz CT molecular complexity index is 1350. The summed E-state index contributed by atoms with van der Waals surface area (Å²) >= 11 is 1.02. The largest absolute Gasteiger partial charge is 0.494 e. The molecule has 3 rings (SSSR count). The fraction of sp³-hybridized carbons (Fsp3) is 0.280. The van der Waals surface area contributed by atoms with E-state index in [-0.39, 0.29) is 22.3 Å². The van der Waals surface area contributed by atoms with E-state index in [0.717, 1.165) is 49.7 Å². The Labute approximate surface area is 202 Å². The monoisotopic (exact) mass is 480 g/mol. The first-order valence-corrected chi connectivity index (χ1v) is 11.8. The number of thioether (sulfide) groups is 1. The number of aromatic hydroxyl groups is 1. The van der Waals surface area contributed by atoms with Crippen molar-refractivity contribution in [2.75, 3.05) is 11.1 Å². The van der Waals surface area contributed by atoms with E-state index in [4.69, 9.17) is 0 Å². The number of rotatable bonds is 6. The lowest BCUT2D eigenvalue weighted by atomic mass is 10.1. The van der Waals surface area contributed by atoms with Gasteiger partial charge in [0.25, 0.3) is 5.56 Å². The molecule has 0 spiro atoms. The predicted molar refractivity (Wildman–Crippen MR) is 138 cm³/mol. The minimum atomic E-state index is -0.688. The van der Waals surface area contributed by atoms with Gasteiger partial charge in [-0.15, -0.1) is 0 Å². The van der Waals surface area contributed by atoms with Crippen LogP contribution < -0.4 is 16.6 Å². The van der Waals surface area contributed by atoms with Gasteiger partial charge in [-0.2, -0.15) is 0 Å². The number of amides is 1. The van der Waals surface area contributed by atoms with Crippen molar-refractivity contribution < 1.29 is 9.90 Å². The van der Waals surface area contributed by atoms with E-state index >= 15 is 0 Å². The highest BCUT2D eigenvalue weighted by Gasteiger charge is 2.22. The third-order valence-electron chi connectivity index (χ3n) is 5.51. The molecule has 0 saturated heterocycles. The minimum absolute atomic E-state index is 0.0505. The summed E-state index contributed by atoms with van der Waals surface area (Å²) in [6.45, 7) is 5.87. The maximum absolute atomic E-state index is 12.9. The number of hydrogen-bond donors (Lipinski definition) is 2. The number of carbonyl (C=O) groups excluding carboxylic acids is 1. The molecule has 0 radical (unpaired) electrons. The van der Waals surface area contributed by atoms with Gasteiger partial charge in [-0.05, 0) is 49.1 Å². The van der Waals surface area contributed by atoms with Crippen molar-refractivity contribution in [2.45, 2.75) is 27.2 Å². The lowest BCUT2D eigenvalue weighted by Crippen LogP contribution is -2.39. The summed E-state index contributed by atoms with van der Waals surface area (Å²) in [4.78, 5) is 42.4. The maximum Gasteiger partial charge on any atom is 0.333 e. The molecule has 3 aromatic rings. The third-order valence-corrected chi connectivity index (χ3v) is 6.48. The number of benzene rings is 2. The third kappa shape index (κ3) is 5.31. The molecule has 2 aromatic carbocycles. The fourth-order valence-electron chi connectivity index (χ4n) is 3.43. The second kappa shape index (κ2) is 10.6. The molecule has 178 valence electrons. The van der Waals surface area contributed by atoms with Crippen LogP contribution in [0.25, 0.3) is 0 Å². The molecule has 0 aliphatic heterocycles. The second-order valence-corrected chi connectivity index (χ2v) is 8.91. The zero-order chi connectivity index (χ0) is 25.0. The lowest BCUT2D eigenvalue weighted by molar-refractivity contribution is -0.113. The predicted octanol–water partition coefficient (Wildman–Crippen LogP) is 3.42. The Hall–Kier alpha value is -3.59. The Morgan fingerprint density at radius 2 is 1.65 bits per heavy atom. The average molecular weight is 481 g/mol. The van der Waals surface area contributed by atoms with Crippen LogP contribution in [-0.4, -0.2) is 30.9 Å². The molecule has 2 N–H and O–H groups in total. The van der Waals surface area contributed by atoms with E-state index < -0.39 is 17.1 Å². The van der Waals surface area contributed by atoms with Crippen LogP contribution in [0.2, 0.25) is 0 Å². The van der Waals surface area contributed by atoms with Crippen molar-refractivity contribution in [3.8, 4) is 5.88 Å². The fourth-order valence-corrected chi connectivity index (χ4v) is 4.26. The van der Waals surface area contributed by atoms with Gasteiger partial charge in [0.05, 0.1) is 11.4 Å². The number of aliphatic imine (C=N–C) groups is 1. The molecule has 0 fully saturated rings. The molecule has 0 bridgehead atoms. The summed E-state index contributed by atoms with van der Waals surface area (Å²) in [5, 5.41) is 13.7. The number of anilines is 1. The van der Waals surface area contributed by atoms with Crippen LogP contribution in [0.1, 0.15) is 29.2 Å². The van der Waals surface area contributed by atoms with E-state index in [0.29, 0.717) is 5.69 Å². The number of hydrogen-bond acceptors (Lipinski definition) is 6. The van der Waals surface area contributed by atoms with E-state index in [1.807, 2.05) is 51.1 Å². The van der Waals surface area contributed by atoms with Crippen molar-refractivity contribution in [3.05, 3.63) is 85.6 Å². The summed E-state index contributed by atoms with van der Waals surface area (Å²) in [6.07, 6.45) is 0.867. The van der Waals surface area contributed by atoms with Gasteiger partial charge in [-0.3, -0.25) is 18.7 Å². The van der Waals surface area contributed by atoms with Crippen molar-refractivity contribution >= 4 is 34.1 Å². The molecular formula is C25H28N4O4S. The molecule has 0 atom stereocenters. The Morgan fingerprint density at radius 3 is 2.24 bits per heavy atom. The van der Waals surface area contributed by atoms with E-state index in [1.54, 1.807) is 12.1 Å². The molecule has 9 heteroatoms. The topological polar surface area (TPSA) is 106 Å². The highest BCUT2D eigenvalue weighted by Crippen LogP contribution is 2.25. The molecule has 0 aliphatic rings. The van der Waals surface area contributed by atoms with Gasteiger partial charge in [0.2, 0.25) is 11.8 Å². The molecule has 34 heavy (non-hydrogen) atoms. The summed E-state index contributed by atoms with van der Waals surface area (Å²) < 4.78 is 1.88. The SMILES string of the molecule is CCc1ccc(N=C(SCC(=O)Nc2c(C)cccc2C)c2c(O)n(C)c(=O)n(C)c2=O)cc1. The first-order valence-electron chi connectivity index (χ1n) is 10.8. The molecule has 8 nitrogen and oxygen atoms in total. The van der Waals surface area contributed by atoms with Crippen LogP contribution in [0.3, 0.4) is 0 Å². The van der Waals surface area contributed by atoms with Gasteiger partial charge in [-0.25, -0.2) is 9.79 Å². The van der Waals surface area contributed by atoms with Crippen LogP contribution >= 0.6 is 11.8 Å². The minimum Gasteiger partial charge on any atom is -0.494 e. The van der Waals surface area contributed by atoms with Crippen molar-refractivity contribution in [2.24, 2.45) is 19.1 Å². The molecule has 0 unspecified atom stereocenters. The van der Waals surface area contributed by atoms with Crippen LogP contribution in [0.4, 0.5) is 11.4 Å². The van der Waals surface area contributed by atoms with E-state index in [1.165, 1.54) is 14.1 Å². The molecule has 0 aliphatic carbocycles. The van der Waals surface area contributed by atoms with Crippen LogP contribution in [0, 0.1) is 13.8 Å². The Balaban J connectivity index is 2.00. The summed E-state index contributed by atoms with van der Waals surface area (Å²) in [5.74, 6) is -0.831. The van der Waals surface area contributed by atoms with Gasteiger partial charge >= 0.3 is 5.69 Å². The molecule has 1 aromatic heterocycles. The highest BCUT2D eigenvalue weighted by atomic mass is 32.2. The van der Waals surface area contributed by atoms with Gasteiger partial charge in [0.15, 0.2) is 0 Å². The summed E-state index contributed by atoms with van der Waals surface area (Å²) in [5.41, 5.74) is 2.83. The normalized spacial score (nSPS) is 11.5. The number of para-hydroxylation sites is 1. The first kappa shape index (κ1) is 25.0. The van der Waals surface area contributed by atoms with Crippen LogP contribution in [0.5, 0.6) is 5.88 Å². The molecule has 1 heterocycles. The van der Waals surface area contributed by atoms with E-state index in [9.17, 15) is 19.5 Å². The zero-order valence-corrected chi connectivity index (χ0v) is 20.7. The van der Waals surface area contributed by atoms with Gasteiger partial charge < -0.3 is 10.4 Å². The van der Waals surface area contributed by atoms with Gasteiger partial charge in [0.1, 0.15) is 10.6 Å². The Morgan fingerprint density at radius 1 is 1.03 bits per heavy atom. The second-order valence-electron chi connectivity index (χ2n) is 7.94. The number of aryl methyl sites for hydroxylation is 3. The van der Waals surface area contributed by atoms with Crippen molar-refractivity contribution in [1.29, 1.82) is 0 Å². The molecule has 0 saturated carbocycles. The highest BCUT2D eigenvalue weighted by molar-refractivity contribution is 8.15. The summed E-state index contributed by atoms with van der Waals surface area (Å²) in [7, 11) is 2.70. The number of nitrogens with one attached hydrogen (secondary N) is 1. The zero-order valence-electron chi connectivity index (χ0n) is 19.9. The average Bonchev–Trinajstić information content (AvgIpc) is 2.82. The first-order chi connectivity index (χ1) is 16.1.